The number of carbonyl (C=O) groups excluding carboxylic acids is 1. The summed E-state index contributed by atoms with van der Waals surface area (Å²) in [5.74, 6) is -1.34. The maximum atomic E-state index is 12.1. The second-order valence-electron chi connectivity index (χ2n) is 4.79. The molecule has 5 heteroatoms. The molecule has 0 fully saturated rings. The number of carboxylic acids is 1. The molecular weight excluding hydrogens is 256 g/mol. The molecule has 0 aliphatic rings. The highest BCUT2D eigenvalue weighted by Crippen LogP contribution is 2.07. The predicted molar refractivity (Wildman–Crippen MR) is 80.2 cm³/mol. The Kier molecular flexibility index (Phi) is 10.7. The number of carbonyl (C=O) groups is 2. The topological polar surface area (TPSA) is 60.9 Å². The third-order valence-corrected chi connectivity index (χ3v) is 2.94. The first kappa shape index (κ1) is 18.6. The third-order valence-electron chi connectivity index (χ3n) is 2.94. The molecule has 0 saturated carbocycles. The van der Waals surface area contributed by atoms with E-state index in [9.17, 15) is 9.59 Å². The third kappa shape index (κ3) is 7.94. The monoisotopic (exact) mass is 284 g/mol. The van der Waals surface area contributed by atoms with Crippen LogP contribution in [-0.2, 0) is 9.59 Å². The van der Waals surface area contributed by atoms with Crippen LogP contribution in [0.15, 0.2) is 12.2 Å². The lowest BCUT2D eigenvalue weighted by Crippen LogP contribution is -2.47. The molecule has 0 rings (SSSR count). The van der Waals surface area contributed by atoms with E-state index >= 15 is 0 Å². The van der Waals surface area contributed by atoms with Crippen molar-refractivity contribution in [2.24, 2.45) is 0 Å². The molecule has 0 bridgehead atoms. The summed E-state index contributed by atoms with van der Waals surface area (Å²) in [5, 5.41) is 12.4. The minimum absolute atomic E-state index is 0.249. The van der Waals surface area contributed by atoms with Gasteiger partial charge in [0.05, 0.1) is 0 Å². The minimum atomic E-state index is -1.09. The highest BCUT2D eigenvalue weighted by atomic mass is 16.4. The number of hydrogen-bond acceptors (Lipinski definition) is 3. The number of carboxylic acid groups (broad SMARTS) is 1. The van der Waals surface area contributed by atoms with E-state index in [1.807, 2.05) is 6.92 Å². The lowest BCUT2D eigenvalue weighted by atomic mass is 10.3. The molecule has 0 aromatic heterocycles. The SMILES string of the molecule is CCCCN(CCCC)N(CCC)C(=O)/C=C\C(=O)O. The number of hydrazine groups is 1. The van der Waals surface area contributed by atoms with Crippen LogP contribution >= 0.6 is 0 Å². The van der Waals surface area contributed by atoms with Gasteiger partial charge in [0.1, 0.15) is 0 Å². The molecule has 0 aliphatic carbocycles. The standard InChI is InChI=1S/C15H28N2O3/c1-4-7-12-16(13-8-5-2)17(11-6-3)14(18)9-10-15(19)20/h9-10H,4-8,11-13H2,1-3H3,(H,19,20)/b10-9-. The summed E-state index contributed by atoms with van der Waals surface area (Å²) >= 11 is 0. The molecule has 0 spiro atoms. The molecule has 116 valence electrons. The fourth-order valence-corrected chi connectivity index (χ4v) is 1.87. The molecule has 5 nitrogen and oxygen atoms in total. The van der Waals surface area contributed by atoms with Crippen molar-refractivity contribution >= 4 is 11.9 Å². The van der Waals surface area contributed by atoms with Crippen molar-refractivity contribution in [3.05, 3.63) is 12.2 Å². The van der Waals surface area contributed by atoms with Crippen LogP contribution in [0.2, 0.25) is 0 Å². The quantitative estimate of drug-likeness (QED) is 0.468. The molecule has 0 radical (unpaired) electrons. The van der Waals surface area contributed by atoms with Crippen molar-refractivity contribution in [1.82, 2.24) is 10.0 Å². The first-order chi connectivity index (χ1) is 9.56. The van der Waals surface area contributed by atoms with Gasteiger partial charge in [0, 0.05) is 31.8 Å². The van der Waals surface area contributed by atoms with E-state index in [2.05, 4.69) is 18.9 Å². The van der Waals surface area contributed by atoms with Crippen LogP contribution in [0.25, 0.3) is 0 Å². The zero-order chi connectivity index (χ0) is 15.4. The van der Waals surface area contributed by atoms with Crippen molar-refractivity contribution in [3.63, 3.8) is 0 Å². The van der Waals surface area contributed by atoms with Crippen LogP contribution in [0.3, 0.4) is 0 Å². The molecule has 20 heavy (non-hydrogen) atoms. The molecule has 0 unspecified atom stereocenters. The van der Waals surface area contributed by atoms with Crippen LogP contribution < -0.4 is 0 Å². The lowest BCUT2D eigenvalue weighted by Gasteiger charge is -2.34. The maximum Gasteiger partial charge on any atom is 0.328 e. The van der Waals surface area contributed by atoms with Crippen LogP contribution in [0.4, 0.5) is 0 Å². The number of unbranched alkanes of at least 4 members (excludes halogenated alkanes) is 2. The summed E-state index contributed by atoms with van der Waals surface area (Å²) in [6, 6.07) is 0. The van der Waals surface area contributed by atoms with E-state index in [1.165, 1.54) is 0 Å². The molecule has 0 aliphatic heterocycles. The van der Waals surface area contributed by atoms with Gasteiger partial charge >= 0.3 is 5.97 Å². The van der Waals surface area contributed by atoms with Crippen molar-refractivity contribution in [2.75, 3.05) is 19.6 Å². The average Bonchev–Trinajstić information content (AvgIpc) is 2.43. The molecule has 0 saturated heterocycles. The normalized spacial score (nSPS) is 11.2. The second kappa shape index (κ2) is 11.5. The maximum absolute atomic E-state index is 12.1. The van der Waals surface area contributed by atoms with Crippen LogP contribution in [0.5, 0.6) is 0 Å². The number of hydrogen-bond donors (Lipinski definition) is 1. The molecule has 0 heterocycles. The zero-order valence-corrected chi connectivity index (χ0v) is 13.0. The molecule has 0 aromatic carbocycles. The molecule has 0 atom stereocenters. The Morgan fingerprint density at radius 3 is 1.85 bits per heavy atom. The van der Waals surface area contributed by atoms with Gasteiger partial charge in [-0.05, 0) is 19.3 Å². The zero-order valence-electron chi connectivity index (χ0n) is 13.0. The highest BCUT2D eigenvalue weighted by Gasteiger charge is 2.18. The summed E-state index contributed by atoms with van der Waals surface area (Å²) < 4.78 is 0. The predicted octanol–water partition coefficient (Wildman–Crippen LogP) is 2.68. The van der Waals surface area contributed by atoms with Gasteiger partial charge in [0.25, 0.3) is 5.91 Å². The van der Waals surface area contributed by atoms with Gasteiger partial charge in [-0.25, -0.2) is 9.80 Å². The van der Waals surface area contributed by atoms with Gasteiger partial charge < -0.3 is 5.11 Å². The van der Waals surface area contributed by atoms with Gasteiger partial charge in [0.15, 0.2) is 0 Å². The Morgan fingerprint density at radius 2 is 1.45 bits per heavy atom. The smallest absolute Gasteiger partial charge is 0.328 e. The van der Waals surface area contributed by atoms with Crippen LogP contribution in [-0.4, -0.2) is 46.6 Å². The summed E-state index contributed by atoms with van der Waals surface area (Å²) in [6.45, 7) is 8.55. The van der Waals surface area contributed by atoms with Gasteiger partial charge in [-0.3, -0.25) is 9.80 Å². The largest absolute Gasteiger partial charge is 0.478 e. The summed E-state index contributed by atoms with van der Waals surface area (Å²) in [6.07, 6.45) is 7.09. The lowest BCUT2D eigenvalue weighted by molar-refractivity contribution is -0.144. The first-order valence-corrected chi connectivity index (χ1v) is 7.54. The highest BCUT2D eigenvalue weighted by molar-refractivity contribution is 5.93. The summed E-state index contributed by atoms with van der Waals surface area (Å²) in [4.78, 5) is 22.7. The van der Waals surface area contributed by atoms with Crippen molar-refractivity contribution in [3.8, 4) is 0 Å². The Labute approximate surface area is 122 Å². The second-order valence-corrected chi connectivity index (χ2v) is 4.79. The van der Waals surface area contributed by atoms with E-state index in [0.717, 1.165) is 57.3 Å². The number of nitrogens with zero attached hydrogens (tertiary/aromatic N) is 2. The Bertz CT molecular complexity index is 308. The van der Waals surface area contributed by atoms with E-state index in [4.69, 9.17) is 5.11 Å². The molecular formula is C15H28N2O3. The van der Waals surface area contributed by atoms with Crippen molar-refractivity contribution < 1.29 is 14.7 Å². The number of aliphatic carboxylic acids is 1. The molecule has 0 aromatic rings. The summed E-state index contributed by atoms with van der Waals surface area (Å²) in [7, 11) is 0. The van der Waals surface area contributed by atoms with Crippen molar-refractivity contribution in [2.45, 2.75) is 52.9 Å². The Morgan fingerprint density at radius 1 is 0.900 bits per heavy atom. The summed E-state index contributed by atoms with van der Waals surface area (Å²) in [5.41, 5.74) is 0. The van der Waals surface area contributed by atoms with Gasteiger partial charge in [-0.2, -0.15) is 0 Å². The van der Waals surface area contributed by atoms with E-state index in [1.54, 1.807) is 5.01 Å². The van der Waals surface area contributed by atoms with E-state index in [-0.39, 0.29) is 5.91 Å². The van der Waals surface area contributed by atoms with Gasteiger partial charge in [0.2, 0.25) is 0 Å². The van der Waals surface area contributed by atoms with E-state index in [0.29, 0.717) is 6.54 Å². The molecule has 1 N–H and O–H groups in total. The Balaban J connectivity index is 4.83. The first-order valence-electron chi connectivity index (χ1n) is 7.54. The molecule has 1 amide bonds. The average molecular weight is 284 g/mol. The van der Waals surface area contributed by atoms with Crippen molar-refractivity contribution in [1.29, 1.82) is 0 Å². The van der Waals surface area contributed by atoms with Crippen LogP contribution in [0, 0.1) is 0 Å². The fraction of sp³-hybridized carbons (Fsp3) is 0.733. The van der Waals surface area contributed by atoms with Gasteiger partial charge in [-0.15, -0.1) is 0 Å². The Hall–Kier alpha value is -1.36. The number of amides is 1. The van der Waals surface area contributed by atoms with Crippen LogP contribution in [0.1, 0.15) is 52.9 Å². The minimum Gasteiger partial charge on any atom is -0.478 e. The van der Waals surface area contributed by atoms with E-state index < -0.39 is 5.97 Å². The fourth-order valence-electron chi connectivity index (χ4n) is 1.87. The number of rotatable bonds is 11. The van der Waals surface area contributed by atoms with Gasteiger partial charge in [-0.1, -0.05) is 33.6 Å².